The van der Waals surface area contributed by atoms with Gasteiger partial charge < -0.3 is 9.42 Å². The zero-order chi connectivity index (χ0) is 15.6. The number of hydrogen-bond donors (Lipinski definition) is 0. The van der Waals surface area contributed by atoms with Crippen LogP contribution in [0.5, 0.6) is 0 Å². The highest BCUT2D eigenvalue weighted by atomic mass is 16.5. The molecule has 2 aromatic heterocycles. The third-order valence-electron chi connectivity index (χ3n) is 3.88. The Morgan fingerprint density at radius 2 is 1.91 bits per heavy atom. The maximum absolute atomic E-state index is 12.3. The molecule has 114 valence electrons. The zero-order valence-corrected chi connectivity index (χ0v) is 12.3. The molecule has 3 heterocycles. The average Bonchev–Trinajstić information content (AvgIpc) is 3.23. The van der Waals surface area contributed by atoms with Crippen LogP contribution in [0, 0.1) is 0 Å². The van der Waals surface area contributed by atoms with Crippen molar-refractivity contribution in [2.75, 3.05) is 11.4 Å². The van der Waals surface area contributed by atoms with Crippen LogP contribution in [0.3, 0.4) is 0 Å². The highest BCUT2D eigenvalue weighted by Gasteiger charge is 2.35. The van der Waals surface area contributed by atoms with Crippen molar-refractivity contribution in [3.05, 3.63) is 60.6 Å². The van der Waals surface area contributed by atoms with Gasteiger partial charge in [-0.2, -0.15) is 4.98 Å². The summed E-state index contributed by atoms with van der Waals surface area (Å²) in [5.74, 6) is 0.912. The summed E-state index contributed by atoms with van der Waals surface area (Å²) in [6, 6.07) is 15.1. The van der Waals surface area contributed by atoms with Crippen LogP contribution in [-0.2, 0) is 4.79 Å². The summed E-state index contributed by atoms with van der Waals surface area (Å²) in [4.78, 5) is 22.6. The van der Waals surface area contributed by atoms with E-state index in [0.717, 1.165) is 5.69 Å². The zero-order valence-electron chi connectivity index (χ0n) is 12.3. The molecule has 1 atom stereocenters. The number of carbonyl (C=O) groups excluding carboxylic acids is 1. The summed E-state index contributed by atoms with van der Waals surface area (Å²) in [7, 11) is 0. The summed E-state index contributed by atoms with van der Waals surface area (Å²) in [5.41, 5.74) is 1.55. The summed E-state index contributed by atoms with van der Waals surface area (Å²) in [5, 5.41) is 3.98. The second kappa shape index (κ2) is 5.64. The highest BCUT2D eigenvalue weighted by Crippen LogP contribution is 2.31. The van der Waals surface area contributed by atoms with E-state index < -0.39 is 0 Å². The Bertz CT molecular complexity index is 817. The van der Waals surface area contributed by atoms with Gasteiger partial charge in [-0.15, -0.1) is 0 Å². The number of aromatic nitrogens is 3. The van der Waals surface area contributed by atoms with Crippen LogP contribution in [0.4, 0.5) is 5.69 Å². The van der Waals surface area contributed by atoms with E-state index in [-0.39, 0.29) is 11.8 Å². The molecule has 0 aliphatic carbocycles. The van der Waals surface area contributed by atoms with Crippen molar-refractivity contribution in [2.45, 2.75) is 12.3 Å². The van der Waals surface area contributed by atoms with Gasteiger partial charge in [-0.25, -0.2) is 0 Å². The second-order valence-electron chi connectivity index (χ2n) is 5.41. The lowest BCUT2D eigenvalue weighted by Crippen LogP contribution is -2.24. The minimum atomic E-state index is -0.0901. The number of carbonyl (C=O) groups is 1. The molecule has 1 amide bonds. The molecule has 0 unspecified atom stereocenters. The van der Waals surface area contributed by atoms with E-state index in [4.69, 9.17) is 4.52 Å². The predicted octanol–water partition coefficient (Wildman–Crippen LogP) is 2.65. The topological polar surface area (TPSA) is 72.1 Å². The van der Waals surface area contributed by atoms with Crippen LogP contribution >= 0.6 is 0 Å². The van der Waals surface area contributed by atoms with Crippen molar-refractivity contribution in [3.8, 4) is 11.5 Å². The van der Waals surface area contributed by atoms with E-state index in [0.29, 0.717) is 30.4 Å². The highest BCUT2D eigenvalue weighted by molar-refractivity contribution is 5.96. The number of para-hydroxylation sites is 1. The molecule has 0 radical (unpaired) electrons. The first-order valence-corrected chi connectivity index (χ1v) is 7.41. The van der Waals surface area contributed by atoms with E-state index >= 15 is 0 Å². The van der Waals surface area contributed by atoms with Crippen LogP contribution in [0.25, 0.3) is 11.5 Å². The monoisotopic (exact) mass is 306 g/mol. The molecule has 0 bridgehead atoms. The lowest BCUT2D eigenvalue weighted by Gasteiger charge is -2.15. The number of hydrogen-bond acceptors (Lipinski definition) is 5. The molecular weight excluding hydrogens is 292 g/mol. The Morgan fingerprint density at radius 1 is 1.09 bits per heavy atom. The Hall–Kier alpha value is -3.02. The molecule has 1 fully saturated rings. The van der Waals surface area contributed by atoms with Crippen molar-refractivity contribution >= 4 is 11.6 Å². The molecular formula is C17H14N4O2. The fraction of sp³-hybridized carbons (Fsp3) is 0.176. The second-order valence-corrected chi connectivity index (χ2v) is 5.41. The molecule has 0 N–H and O–H groups in total. The molecule has 1 aromatic carbocycles. The smallest absolute Gasteiger partial charge is 0.232 e. The number of anilines is 1. The summed E-state index contributed by atoms with van der Waals surface area (Å²) >= 11 is 0. The van der Waals surface area contributed by atoms with E-state index in [1.165, 1.54) is 0 Å². The van der Waals surface area contributed by atoms with E-state index in [1.807, 2.05) is 48.5 Å². The SMILES string of the molecule is O=C1C[C@@H](c2nc(-c3ccccn3)no2)CN1c1ccccc1. The van der Waals surface area contributed by atoms with Gasteiger partial charge in [-0.3, -0.25) is 9.78 Å². The molecule has 3 aromatic rings. The van der Waals surface area contributed by atoms with E-state index in [2.05, 4.69) is 15.1 Å². The number of benzene rings is 1. The van der Waals surface area contributed by atoms with Gasteiger partial charge in [0.05, 0.1) is 5.92 Å². The van der Waals surface area contributed by atoms with Crippen molar-refractivity contribution in [3.63, 3.8) is 0 Å². The maximum atomic E-state index is 12.3. The van der Waals surface area contributed by atoms with Crippen LogP contribution in [-0.4, -0.2) is 27.6 Å². The predicted molar refractivity (Wildman–Crippen MR) is 83.7 cm³/mol. The first-order chi connectivity index (χ1) is 11.3. The third-order valence-corrected chi connectivity index (χ3v) is 3.88. The van der Waals surface area contributed by atoms with Crippen molar-refractivity contribution < 1.29 is 9.32 Å². The van der Waals surface area contributed by atoms with Crippen LogP contribution in [0.15, 0.2) is 59.3 Å². The average molecular weight is 306 g/mol. The van der Waals surface area contributed by atoms with Crippen LogP contribution in [0.1, 0.15) is 18.2 Å². The van der Waals surface area contributed by atoms with Crippen molar-refractivity contribution in [1.82, 2.24) is 15.1 Å². The molecule has 1 saturated heterocycles. The van der Waals surface area contributed by atoms with Gasteiger partial charge in [0, 0.05) is 24.8 Å². The molecule has 6 nitrogen and oxygen atoms in total. The quantitative estimate of drug-likeness (QED) is 0.744. The first-order valence-electron chi connectivity index (χ1n) is 7.41. The lowest BCUT2D eigenvalue weighted by atomic mass is 10.1. The van der Waals surface area contributed by atoms with Gasteiger partial charge >= 0.3 is 0 Å². The molecule has 4 rings (SSSR count). The number of amides is 1. The number of rotatable bonds is 3. The third kappa shape index (κ3) is 2.59. The van der Waals surface area contributed by atoms with Gasteiger partial charge in [0.1, 0.15) is 5.69 Å². The van der Waals surface area contributed by atoms with Crippen molar-refractivity contribution in [1.29, 1.82) is 0 Å². The van der Waals surface area contributed by atoms with Crippen molar-refractivity contribution in [2.24, 2.45) is 0 Å². The molecule has 0 spiro atoms. The molecule has 0 saturated carbocycles. The summed E-state index contributed by atoms with van der Waals surface area (Å²) < 4.78 is 5.36. The Balaban J connectivity index is 1.56. The number of nitrogens with zero attached hydrogens (tertiary/aromatic N) is 4. The van der Waals surface area contributed by atoms with Crippen LogP contribution in [0.2, 0.25) is 0 Å². The fourth-order valence-corrected chi connectivity index (χ4v) is 2.73. The lowest BCUT2D eigenvalue weighted by molar-refractivity contribution is -0.117. The Labute approximate surface area is 132 Å². The fourth-order valence-electron chi connectivity index (χ4n) is 2.73. The normalized spacial score (nSPS) is 17.7. The van der Waals surface area contributed by atoms with Gasteiger partial charge in [0.25, 0.3) is 0 Å². The minimum Gasteiger partial charge on any atom is -0.339 e. The van der Waals surface area contributed by atoms with Gasteiger partial charge in [-0.1, -0.05) is 29.4 Å². The first kappa shape index (κ1) is 13.6. The molecule has 1 aliphatic heterocycles. The van der Waals surface area contributed by atoms with E-state index in [1.54, 1.807) is 11.1 Å². The largest absolute Gasteiger partial charge is 0.339 e. The Kier molecular flexibility index (Phi) is 3.34. The van der Waals surface area contributed by atoms with Gasteiger partial charge in [0.15, 0.2) is 0 Å². The Morgan fingerprint density at radius 3 is 2.70 bits per heavy atom. The molecule has 1 aliphatic rings. The maximum Gasteiger partial charge on any atom is 0.232 e. The standard InChI is InChI=1S/C17H14N4O2/c22-15-10-12(11-21(15)13-6-2-1-3-7-13)17-19-16(20-23-17)14-8-4-5-9-18-14/h1-9,12H,10-11H2/t12-/m1/s1. The van der Waals surface area contributed by atoms with E-state index in [9.17, 15) is 4.79 Å². The minimum absolute atomic E-state index is 0.0683. The van der Waals surface area contributed by atoms with Gasteiger partial charge in [-0.05, 0) is 24.3 Å². The molecule has 23 heavy (non-hydrogen) atoms. The summed E-state index contributed by atoms with van der Waals surface area (Å²) in [6.07, 6.45) is 2.06. The van der Waals surface area contributed by atoms with Crippen LogP contribution < -0.4 is 4.90 Å². The van der Waals surface area contributed by atoms with Gasteiger partial charge in [0.2, 0.25) is 17.6 Å². The number of pyridine rings is 1. The summed E-state index contributed by atoms with van der Waals surface area (Å²) in [6.45, 7) is 0.548. The molecule has 6 heteroatoms.